The lowest BCUT2D eigenvalue weighted by molar-refractivity contribution is 0.158. The van der Waals surface area contributed by atoms with E-state index in [0.29, 0.717) is 13.0 Å². The fourth-order valence-electron chi connectivity index (χ4n) is 1.02. The summed E-state index contributed by atoms with van der Waals surface area (Å²) in [5.41, 5.74) is 7.19. The second-order valence-electron chi connectivity index (χ2n) is 2.90. The zero-order valence-electron chi connectivity index (χ0n) is 7.62. The predicted octanol–water partition coefficient (Wildman–Crippen LogP) is 1.63. The smallest absolute Gasteiger partial charge is 0.404 e. The molecule has 1 aromatic rings. The summed E-state index contributed by atoms with van der Waals surface area (Å²) in [5, 5.41) is 0. The molecule has 0 aliphatic heterocycles. The van der Waals surface area contributed by atoms with Crippen LogP contribution < -0.4 is 5.73 Å². The summed E-state index contributed by atoms with van der Waals surface area (Å²) in [7, 11) is 0. The Morgan fingerprint density at radius 1 is 1.38 bits per heavy atom. The lowest BCUT2D eigenvalue weighted by Crippen LogP contribution is -2.14. The molecule has 2 N–H and O–H groups in total. The highest BCUT2D eigenvalue weighted by Gasteiger charge is 1.95. The Balaban J connectivity index is 2.37. The Morgan fingerprint density at radius 2 is 2.00 bits per heavy atom. The van der Waals surface area contributed by atoms with Crippen LogP contribution in [0.1, 0.15) is 11.1 Å². The first kappa shape index (κ1) is 9.58. The Hall–Kier alpha value is -1.51. The molecule has 0 aromatic heterocycles. The highest BCUT2D eigenvalue weighted by atomic mass is 16.5. The van der Waals surface area contributed by atoms with Crippen molar-refractivity contribution in [2.45, 2.75) is 13.3 Å². The third-order valence-corrected chi connectivity index (χ3v) is 1.76. The van der Waals surface area contributed by atoms with Gasteiger partial charge in [-0.15, -0.1) is 0 Å². The van der Waals surface area contributed by atoms with Crippen molar-refractivity contribution in [1.82, 2.24) is 0 Å². The number of rotatable bonds is 3. The molecule has 0 radical (unpaired) electrons. The molecule has 0 spiro atoms. The average Bonchev–Trinajstić information content (AvgIpc) is 2.08. The average molecular weight is 179 g/mol. The van der Waals surface area contributed by atoms with E-state index in [4.69, 9.17) is 5.73 Å². The summed E-state index contributed by atoms with van der Waals surface area (Å²) in [6, 6.07) is 8.08. The van der Waals surface area contributed by atoms with Crippen LogP contribution >= 0.6 is 0 Å². The number of ether oxygens (including phenoxy) is 1. The summed E-state index contributed by atoms with van der Waals surface area (Å²) < 4.78 is 4.61. The number of benzene rings is 1. The van der Waals surface area contributed by atoms with Crippen LogP contribution in [-0.4, -0.2) is 12.7 Å². The fraction of sp³-hybridized carbons (Fsp3) is 0.300. The SMILES string of the molecule is Cc1ccc(CCOC(N)=O)cc1. The lowest BCUT2D eigenvalue weighted by Gasteiger charge is -2.01. The molecule has 3 nitrogen and oxygen atoms in total. The van der Waals surface area contributed by atoms with E-state index in [1.54, 1.807) is 0 Å². The third-order valence-electron chi connectivity index (χ3n) is 1.76. The zero-order valence-corrected chi connectivity index (χ0v) is 7.62. The van der Waals surface area contributed by atoms with Gasteiger partial charge in [-0.25, -0.2) is 4.79 Å². The number of carbonyl (C=O) groups excluding carboxylic acids is 1. The minimum atomic E-state index is -0.716. The van der Waals surface area contributed by atoms with Crippen molar-refractivity contribution < 1.29 is 9.53 Å². The van der Waals surface area contributed by atoms with E-state index in [2.05, 4.69) is 4.74 Å². The predicted molar refractivity (Wildman–Crippen MR) is 50.4 cm³/mol. The van der Waals surface area contributed by atoms with Gasteiger partial charge in [-0.05, 0) is 12.5 Å². The first-order chi connectivity index (χ1) is 6.18. The van der Waals surface area contributed by atoms with Gasteiger partial charge in [0.1, 0.15) is 0 Å². The molecule has 1 rings (SSSR count). The first-order valence-electron chi connectivity index (χ1n) is 4.16. The summed E-state index contributed by atoms with van der Waals surface area (Å²) in [6.45, 7) is 2.38. The molecule has 0 aliphatic rings. The van der Waals surface area contributed by atoms with Crippen molar-refractivity contribution in [3.8, 4) is 0 Å². The Bertz CT molecular complexity index is 279. The van der Waals surface area contributed by atoms with Crippen LogP contribution in [0, 0.1) is 6.92 Å². The molecule has 0 saturated carbocycles. The fourth-order valence-corrected chi connectivity index (χ4v) is 1.02. The van der Waals surface area contributed by atoms with Crippen LogP contribution in [0.3, 0.4) is 0 Å². The number of amides is 1. The molecule has 0 unspecified atom stereocenters. The van der Waals surface area contributed by atoms with Crippen molar-refractivity contribution >= 4 is 6.09 Å². The summed E-state index contributed by atoms with van der Waals surface area (Å²) in [4.78, 5) is 10.2. The molecule has 0 atom stereocenters. The van der Waals surface area contributed by atoms with E-state index in [1.165, 1.54) is 5.56 Å². The van der Waals surface area contributed by atoms with Crippen LogP contribution in [0.2, 0.25) is 0 Å². The Labute approximate surface area is 77.5 Å². The lowest BCUT2D eigenvalue weighted by atomic mass is 10.1. The minimum absolute atomic E-state index is 0.346. The monoisotopic (exact) mass is 179 g/mol. The first-order valence-corrected chi connectivity index (χ1v) is 4.16. The summed E-state index contributed by atoms with van der Waals surface area (Å²) in [5.74, 6) is 0. The van der Waals surface area contributed by atoms with E-state index in [0.717, 1.165) is 5.56 Å². The van der Waals surface area contributed by atoms with Crippen molar-refractivity contribution in [3.63, 3.8) is 0 Å². The molecule has 0 bridgehead atoms. The van der Waals surface area contributed by atoms with Gasteiger partial charge >= 0.3 is 6.09 Å². The highest BCUT2D eigenvalue weighted by Crippen LogP contribution is 2.03. The van der Waals surface area contributed by atoms with Crippen LogP contribution in [0.25, 0.3) is 0 Å². The largest absolute Gasteiger partial charge is 0.449 e. The second-order valence-corrected chi connectivity index (χ2v) is 2.90. The molecule has 1 amide bonds. The third kappa shape index (κ3) is 3.60. The molecule has 0 fully saturated rings. The van der Waals surface area contributed by atoms with E-state index < -0.39 is 6.09 Å². The van der Waals surface area contributed by atoms with Crippen molar-refractivity contribution in [1.29, 1.82) is 0 Å². The van der Waals surface area contributed by atoms with Gasteiger partial charge in [0.2, 0.25) is 0 Å². The van der Waals surface area contributed by atoms with Crippen molar-refractivity contribution in [3.05, 3.63) is 35.4 Å². The number of primary amides is 1. The maximum absolute atomic E-state index is 10.2. The molecule has 70 valence electrons. The Morgan fingerprint density at radius 3 is 2.54 bits per heavy atom. The summed E-state index contributed by atoms with van der Waals surface area (Å²) >= 11 is 0. The van der Waals surface area contributed by atoms with Crippen LogP contribution in [0.4, 0.5) is 4.79 Å². The number of carbonyl (C=O) groups is 1. The zero-order chi connectivity index (χ0) is 9.68. The number of aryl methyl sites for hydroxylation is 1. The molecule has 3 heteroatoms. The molecule has 0 heterocycles. The summed E-state index contributed by atoms with van der Waals surface area (Å²) in [6.07, 6.45) is -0.00411. The van der Waals surface area contributed by atoms with Crippen molar-refractivity contribution in [2.24, 2.45) is 5.73 Å². The van der Waals surface area contributed by atoms with E-state index >= 15 is 0 Å². The van der Waals surface area contributed by atoms with E-state index in [9.17, 15) is 4.79 Å². The van der Waals surface area contributed by atoms with Gasteiger partial charge in [-0.3, -0.25) is 0 Å². The topological polar surface area (TPSA) is 52.3 Å². The van der Waals surface area contributed by atoms with Crippen LogP contribution in [0.15, 0.2) is 24.3 Å². The van der Waals surface area contributed by atoms with Gasteiger partial charge < -0.3 is 10.5 Å². The Kier molecular flexibility index (Phi) is 3.31. The standard InChI is InChI=1S/C10H13NO2/c1-8-2-4-9(5-3-8)6-7-13-10(11)12/h2-5H,6-7H2,1H3,(H2,11,12). The molecular formula is C10H13NO2. The normalized spacial score (nSPS) is 9.62. The van der Waals surface area contributed by atoms with Crippen molar-refractivity contribution in [2.75, 3.05) is 6.61 Å². The molecule has 0 aliphatic carbocycles. The highest BCUT2D eigenvalue weighted by molar-refractivity contribution is 5.64. The minimum Gasteiger partial charge on any atom is -0.449 e. The van der Waals surface area contributed by atoms with Gasteiger partial charge in [0, 0.05) is 6.42 Å². The molecule has 1 aromatic carbocycles. The second kappa shape index (κ2) is 4.50. The molecule has 0 saturated heterocycles. The molecule has 13 heavy (non-hydrogen) atoms. The van der Waals surface area contributed by atoms with Gasteiger partial charge in [-0.2, -0.15) is 0 Å². The van der Waals surface area contributed by atoms with Gasteiger partial charge in [0.15, 0.2) is 0 Å². The van der Waals surface area contributed by atoms with Gasteiger partial charge in [0.25, 0.3) is 0 Å². The van der Waals surface area contributed by atoms with Gasteiger partial charge in [-0.1, -0.05) is 29.8 Å². The quantitative estimate of drug-likeness (QED) is 0.766. The van der Waals surface area contributed by atoms with Crippen LogP contribution in [0.5, 0.6) is 0 Å². The van der Waals surface area contributed by atoms with Gasteiger partial charge in [0.05, 0.1) is 6.61 Å². The number of hydrogen-bond donors (Lipinski definition) is 1. The molecular weight excluding hydrogens is 166 g/mol. The van der Waals surface area contributed by atoms with Crippen LogP contribution in [-0.2, 0) is 11.2 Å². The number of nitrogens with two attached hydrogens (primary N) is 1. The maximum Gasteiger partial charge on any atom is 0.404 e. The van der Waals surface area contributed by atoms with E-state index in [1.807, 2.05) is 31.2 Å². The van der Waals surface area contributed by atoms with E-state index in [-0.39, 0.29) is 0 Å². The maximum atomic E-state index is 10.2. The number of hydrogen-bond acceptors (Lipinski definition) is 2.